The van der Waals surface area contributed by atoms with E-state index in [0.717, 1.165) is 23.1 Å². The zero-order valence-corrected chi connectivity index (χ0v) is 12.9. The van der Waals surface area contributed by atoms with E-state index in [-0.39, 0.29) is 0 Å². The van der Waals surface area contributed by atoms with E-state index in [4.69, 9.17) is 12.2 Å². The second-order valence-electron chi connectivity index (χ2n) is 4.98. The average molecular weight is 335 g/mol. The molecule has 1 aromatic heterocycles. The van der Waals surface area contributed by atoms with E-state index in [1.54, 1.807) is 0 Å². The number of halogens is 1. The van der Waals surface area contributed by atoms with Gasteiger partial charge in [0.25, 0.3) is 0 Å². The largest absolute Gasteiger partial charge is 0.346 e. The number of H-pyrrole nitrogens is 1. The molecule has 0 saturated heterocycles. The minimum absolute atomic E-state index is 0.648. The van der Waals surface area contributed by atoms with Crippen molar-refractivity contribution in [3.05, 3.63) is 56.5 Å². The Hall–Kier alpha value is -1.00. The lowest BCUT2D eigenvalue weighted by atomic mass is 10.1. The minimum atomic E-state index is 0.648. The summed E-state index contributed by atoms with van der Waals surface area (Å²) in [6.07, 6.45) is 4.41. The van der Waals surface area contributed by atoms with Crippen LogP contribution < -0.4 is 0 Å². The second kappa shape index (κ2) is 5.55. The molecule has 0 unspecified atom stereocenters. The van der Waals surface area contributed by atoms with Crippen LogP contribution in [-0.4, -0.2) is 9.97 Å². The van der Waals surface area contributed by atoms with Gasteiger partial charge < -0.3 is 4.98 Å². The maximum atomic E-state index is 5.33. The molecule has 2 nitrogen and oxygen atoms in total. The van der Waals surface area contributed by atoms with Gasteiger partial charge in [0.1, 0.15) is 10.5 Å². The van der Waals surface area contributed by atoms with Gasteiger partial charge in [0, 0.05) is 18.0 Å². The number of nitrogens with one attached hydrogen (secondary N) is 1. The third-order valence-corrected chi connectivity index (χ3v) is 4.78. The fraction of sp³-hybridized carbons (Fsp3) is 0.333. The Bertz CT molecular complexity index is 632. The monoisotopic (exact) mass is 334 g/mol. The molecule has 1 aliphatic carbocycles. The molecular formula is C15H15BrN2S. The molecule has 0 bridgehead atoms. The highest BCUT2D eigenvalue weighted by molar-refractivity contribution is 9.10. The number of aromatic nitrogens is 2. The molecule has 1 fully saturated rings. The van der Waals surface area contributed by atoms with E-state index >= 15 is 0 Å². The van der Waals surface area contributed by atoms with Gasteiger partial charge in [0.2, 0.25) is 0 Å². The summed E-state index contributed by atoms with van der Waals surface area (Å²) in [7, 11) is 0. The summed E-state index contributed by atoms with van der Waals surface area (Å²) in [5, 5.41) is 0. The van der Waals surface area contributed by atoms with Gasteiger partial charge in [0.05, 0.1) is 4.47 Å². The maximum Gasteiger partial charge on any atom is 0.144 e. The minimum Gasteiger partial charge on any atom is -0.346 e. The third-order valence-electron chi connectivity index (χ3n) is 3.42. The Morgan fingerprint density at radius 2 is 1.95 bits per heavy atom. The van der Waals surface area contributed by atoms with Crippen molar-refractivity contribution in [2.24, 2.45) is 0 Å². The summed E-state index contributed by atoms with van der Waals surface area (Å²) in [6, 6.07) is 10.5. The molecule has 0 atom stereocenters. The van der Waals surface area contributed by atoms with Crippen LogP contribution in [0.2, 0.25) is 0 Å². The first-order chi connectivity index (χ1) is 9.24. The van der Waals surface area contributed by atoms with Crippen molar-refractivity contribution in [2.75, 3.05) is 0 Å². The van der Waals surface area contributed by atoms with E-state index in [1.165, 1.54) is 24.1 Å². The first-order valence-corrected chi connectivity index (χ1v) is 7.76. The third kappa shape index (κ3) is 3.12. The lowest BCUT2D eigenvalue weighted by Crippen LogP contribution is -2.02. The van der Waals surface area contributed by atoms with Gasteiger partial charge in [-0.1, -0.05) is 42.5 Å². The fourth-order valence-electron chi connectivity index (χ4n) is 2.20. The molecule has 1 aromatic carbocycles. The van der Waals surface area contributed by atoms with Gasteiger partial charge >= 0.3 is 0 Å². The molecule has 98 valence electrons. The van der Waals surface area contributed by atoms with E-state index in [0.29, 0.717) is 10.6 Å². The number of aryl methyl sites for hydroxylation is 2. The number of nitrogens with zero attached hydrogens (tertiary/aromatic N) is 1. The van der Waals surface area contributed by atoms with Crippen LogP contribution in [0, 0.1) is 4.64 Å². The zero-order chi connectivity index (χ0) is 13.2. The van der Waals surface area contributed by atoms with E-state index in [1.807, 2.05) is 6.07 Å². The van der Waals surface area contributed by atoms with Crippen LogP contribution in [-0.2, 0) is 12.8 Å². The summed E-state index contributed by atoms with van der Waals surface area (Å²) >= 11 is 8.88. The molecule has 19 heavy (non-hydrogen) atoms. The van der Waals surface area contributed by atoms with Crippen LogP contribution in [0.1, 0.15) is 35.8 Å². The molecule has 3 rings (SSSR count). The second-order valence-corrected chi connectivity index (χ2v) is 6.16. The number of aromatic amines is 1. The van der Waals surface area contributed by atoms with E-state index in [9.17, 15) is 0 Å². The molecular weight excluding hydrogens is 320 g/mol. The van der Waals surface area contributed by atoms with Gasteiger partial charge in [-0.05, 0) is 40.8 Å². The molecule has 1 N–H and O–H groups in total. The van der Waals surface area contributed by atoms with Crippen LogP contribution in [0.15, 0.2) is 34.8 Å². The summed E-state index contributed by atoms with van der Waals surface area (Å²) in [5.41, 5.74) is 2.57. The van der Waals surface area contributed by atoms with Crippen LogP contribution >= 0.6 is 28.1 Å². The Labute approximate surface area is 126 Å². The van der Waals surface area contributed by atoms with Crippen molar-refractivity contribution in [1.29, 1.82) is 0 Å². The van der Waals surface area contributed by atoms with Gasteiger partial charge in [-0.15, -0.1) is 0 Å². The van der Waals surface area contributed by atoms with E-state index < -0.39 is 0 Å². The smallest absolute Gasteiger partial charge is 0.144 e. The zero-order valence-electron chi connectivity index (χ0n) is 10.5. The highest BCUT2D eigenvalue weighted by Crippen LogP contribution is 2.42. The Kier molecular flexibility index (Phi) is 3.80. The maximum absolute atomic E-state index is 5.33. The molecule has 0 aliphatic heterocycles. The Morgan fingerprint density at radius 3 is 2.63 bits per heavy atom. The van der Waals surface area contributed by atoms with Crippen LogP contribution in [0.5, 0.6) is 0 Å². The highest BCUT2D eigenvalue weighted by atomic mass is 79.9. The molecule has 4 heteroatoms. The Morgan fingerprint density at radius 1 is 1.21 bits per heavy atom. The normalized spacial score (nSPS) is 14.6. The van der Waals surface area contributed by atoms with Crippen LogP contribution in [0.3, 0.4) is 0 Å². The summed E-state index contributed by atoms with van der Waals surface area (Å²) in [4.78, 5) is 7.93. The molecule has 1 saturated carbocycles. The molecule has 0 spiro atoms. The van der Waals surface area contributed by atoms with Crippen molar-refractivity contribution >= 4 is 28.1 Å². The van der Waals surface area contributed by atoms with Gasteiger partial charge in [-0.3, -0.25) is 0 Å². The van der Waals surface area contributed by atoms with E-state index in [2.05, 4.69) is 50.2 Å². The Balaban J connectivity index is 1.79. The van der Waals surface area contributed by atoms with Gasteiger partial charge in [-0.25, -0.2) is 4.98 Å². The van der Waals surface area contributed by atoms with Gasteiger partial charge in [-0.2, -0.15) is 0 Å². The molecule has 1 heterocycles. The topological polar surface area (TPSA) is 28.7 Å². The van der Waals surface area contributed by atoms with Crippen molar-refractivity contribution in [3.8, 4) is 0 Å². The number of hydrogen-bond acceptors (Lipinski definition) is 2. The quantitative estimate of drug-likeness (QED) is 0.830. The summed E-state index contributed by atoms with van der Waals surface area (Å²) in [5.74, 6) is 1.65. The predicted molar refractivity (Wildman–Crippen MR) is 82.9 cm³/mol. The fourth-order valence-corrected chi connectivity index (χ4v) is 2.94. The first-order valence-electron chi connectivity index (χ1n) is 6.56. The molecule has 2 aromatic rings. The number of rotatable bonds is 4. The summed E-state index contributed by atoms with van der Waals surface area (Å²) < 4.78 is 1.66. The molecule has 1 aliphatic rings. The molecule has 0 radical (unpaired) electrons. The van der Waals surface area contributed by atoms with Crippen molar-refractivity contribution in [3.63, 3.8) is 0 Å². The van der Waals surface area contributed by atoms with Gasteiger partial charge in [0.15, 0.2) is 0 Å². The standard InChI is InChI=1S/C15H15BrN2S/c16-13-14(11-7-8-11)17-12(18-15(13)19)9-6-10-4-2-1-3-5-10/h1-5,11H,6-9H2,(H,17,18,19). The molecule has 0 amide bonds. The van der Waals surface area contributed by atoms with Crippen molar-refractivity contribution in [2.45, 2.75) is 31.6 Å². The predicted octanol–water partition coefficient (Wildman–Crippen LogP) is 4.56. The number of benzene rings is 1. The average Bonchev–Trinajstić information content (AvgIpc) is 3.25. The van der Waals surface area contributed by atoms with Crippen molar-refractivity contribution in [1.82, 2.24) is 9.97 Å². The summed E-state index contributed by atoms with van der Waals surface area (Å²) in [6.45, 7) is 0. The van der Waals surface area contributed by atoms with Crippen LogP contribution in [0.4, 0.5) is 0 Å². The van der Waals surface area contributed by atoms with Crippen molar-refractivity contribution < 1.29 is 0 Å². The number of hydrogen-bond donors (Lipinski definition) is 1. The lowest BCUT2D eigenvalue weighted by molar-refractivity contribution is 0.819. The van der Waals surface area contributed by atoms with Crippen LogP contribution in [0.25, 0.3) is 0 Å². The highest BCUT2D eigenvalue weighted by Gasteiger charge is 2.27. The lowest BCUT2D eigenvalue weighted by Gasteiger charge is -2.07. The first kappa shape index (κ1) is 13.0. The SMILES string of the molecule is S=c1nc(CCc2ccccc2)[nH]c(C2CC2)c1Br.